The Morgan fingerprint density at radius 3 is 2.29 bits per heavy atom. The van der Waals surface area contributed by atoms with Gasteiger partial charge in [0, 0.05) is 11.1 Å². The number of hydrogen-bond donors (Lipinski definition) is 1. The van der Waals surface area contributed by atoms with Crippen LogP contribution in [-0.2, 0) is 19.6 Å². The molecule has 0 fully saturated rings. The van der Waals surface area contributed by atoms with Crippen LogP contribution in [0.1, 0.15) is 22.8 Å². The van der Waals surface area contributed by atoms with Crippen LogP contribution in [0.25, 0.3) is 0 Å². The number of benzene rings is 2. The van der Waals surface area contributed by atoms with E-state index < -0.39 is 28.3 Å². The molecule has 0 radical (unpaired) electrons. The Morgan fingerprint density at radius 2 is 1.62 bits per heavy atom. The number of carbonyl (C=O) groups excluding carboxylic acids is 2. The summed E-state index contributed by atoms with van der Waals surface area (Å²) in [4.78, 5) is 23.7. The van der Waals surface area contributed by atoms with Gasteiger partial charge in [0.1, 0.15) is 6.54 Å². The zero-order valence-electron chi connectivity index (χ0n) is 13.1. The molecule has 0 bridgehead atoms. The number of sulfonamides is 1. The first-order valence-electron chi connectivity index (χ1n) is 7.29. The Kier molecular flexibility index (Phi) is 5.83. The second kappa shape index (κ2) is 7.85. The predicted molar refractivity (Wildman–Crippen MR) is 88.1 cm³/mol. The highest BCUT2D eigenvalue weighted by Crippen LogP contribution is 2.19. The number of hydrogen-bond acceptors (Lipinski definition) is 5. The standard InChI is InChI=1S/C17H17NO5S/c1-2-23-16(19)12-18-24(21,22)15-11-7-6-10-14(15)17(20)13-8-4-3-5-9-13/h3-11,18H,2,12H2,1H3. The van der Waals surface area contributed by atoms with Crippen LogP contribution < -0.4 is 4.72 Å². The number of carbonyl (C=O) groups is 2. The maximum atomic E-state index is 12.6. The molecular formula is C17H17NO5S. The fourth-order valence-corrected chi connectivity index (χ4v) is 3.25. The zero-order valence-corrected chi connectivity index (χ0v) is 13.9. The summed E-state index contributed by atoms with van der Waals surface area (Å²) in [6.45, 7) is 1.29. The molecule has 0 saturated heterocycles. The maximum Gasteiger partial charge on any atom is 0.321 e. The van der Waals surface area contributed by atoms with Crippen molar-refractivity contribution in [3.63, 3.8) is 0 Å². The van der Waals surface area contributed by atoms with Crippen LogP contribution in [0.2, 0.25) is 0 Å². The van der Waals surface area contributed by atoms with Crippen molar-refractivity contribution in [2.24, 2.45) is 0 Å². The molecule has 0 spiro atoms. The molecule has 0 atom stereocenters. The lowest BCUT2D eigenvalue weighted by Gasteiger charge is -2.10. The Labute approximate surface area is 140 Å². The van der Waals surface area contributed by atoms with Gasteiger partial charge in [-0.2, -0.15) is 4.72 Å². The zero-order chi connectivity index (χ0) is 17.6. The first-order valence-corrected chi connectivity index (χ1v) is 8.78. The number of esters is 1. The van der Waals surface area contributed by atoms with Gasteiger partial charge in [0.25, 0.3) is 0 Å². The van der Waals surface area contributed by atoms with Crippen LogP contribution in [0.15, 0.2) is 59.5 Å². The largest absolute Gasteiger partial charge is 0.465 e. The molecule has 2 aromatic rings. The Balaban J connectivity index is 2.31. The van der Waals surface area contributed by atoms with Gasteiger partial charge in [-0.25, -0.2) is 8.42 Å². The summed E-state index contributed by atoms with van der Waals surface area (Å²) in [7, 11) is -4.03. The highest BCUT2D eigenvalue weighted by molar-refractivity contribution is 7.89. The number of rotatable bonds is 7. The molecule has 0 aliphatic rings. The van der Waals surface area contributed by atoms with Gasteiger partial charge in [-0.1, -0.05) is 42.5 Å². The topological polar surface area (TPSA) is 89.5 Å². The van der Waals surface area contributed by atoms with E-state index in [1.54, 1.807) is 43.3 Å². The average Bonchev–Trinajstić information content (AvgIpc) is 2.60. The van der Waals surface area contributed by atoms with Gasteiger partial charge in [0.15, 0.2) is 5.78 Å². The first-order chi connectivity index (χ1) is 11.5. The van der Waals surface area contributed by atoms with E-state index in [1.807, 2.05) is 0 Å². The fraction of sp³-hybridized carbons (Fsp3) is 0.176. The minimum atomic E-state index is -4.03. The van der Waals surface area contributed by atoms with Crippen LogP contribution >= 0.6 is 0 Å². The summed E-state index contributed by atoms with van der Waals surface area (Å²) >= 11 is 0. The minimum Gasteiger partial charge on any atom is -0.465 e. The first kappa shape index (κ1) is 17.8. The fourth-order valence-electron chi connectivity index (χ4n) is 2.08. The summed E-state index contributed by atoms with van der Waals surface area (Å²) in [6, 6.07) is 14.2. The molecule has 0 heterocycles. The van der Waals surface area contributed by atoms with E-state index >= 15 is 0 Å². The molecule has 0 unspecified atom stereocenters. The van der Waals surface area contributed by atoms with Crippen molar-refractivity contribution in [1.82, 2.24) is 4.72 Å². The van der Waals surface area contributed by atoms with Gasteiger partial charge in [0.2, 0.25) is 10.0 Å². The molecule has 6 nitrogen and oxygen atoms in total. The third kappa shape index (κ3) is 4.27. The third-order valence-corrected chi connectivity index (χ3v) is 4.63. The molecule has 126 valence electrons. The van der Waals surface area contributed by atoms with Gasteiger partial charge < -0.3 is 4.74 Å². The Hall–Kier alpha value is -2.51. The van der Waals surface area contributed by atoms with E-state index in [2.05, 4.69) is 9.46 Å². The summed E-state index contributed by atoms with van der Waals surface area (Å²) < 4.78 is 31.7. The smallest absolute Gasteiger partial charge is 0.321 e. The highest BCUT2D eigenvalue weighted by Gasteiger charge is 2.23. The van der Waals surface area contributed by atoms with Crippen LogP contribution in [0.4, 0.5) is 0 Å². The predicted octanol–water partition coefficient (Wildman–Crippen LogP) is 1.76. The van der Waals surface area contributed by atoms with Crippen LogP contribution in [0, 0.1) is 0 Å². The normalized spacial score (nSPS) is 11.0. The molecule has 0 aliphatic carbocycles. The van der Waals surface area contributed by atoms with Crippen molar-refractivity contribution in [3.8, 4) is 0 Å². The SMILES string of the molecule is CCOC(=O)CNS(=O)(=O)c1ccccc1C(=O)c1ccccc1. The van der Waals surface area contributed by atoms with Crippen LogP contribution in [0.5, 0.6) is 0 Å². The molecule has 0 aromatic heterocycles. The van der Waals surface area contributed by atoms with Crippen molar-refractivity contribution in [2.45, 2.75) is 11.8 Å². The van der Waals surface area contributed by atoms with Crippen LogP contribution in [0.3, 0.4) is 0 Å². The van der Waals surface area contributed by atoms with Crippen molar-refractivity contribution in [3.05, 3.63) is 65.7 Å². The quantitative estimate of drug-likeness (QED) is 0.609. The lowest BCUT2D eigenvalue weighted by atomic mass is 10.0. The summed E-state index contributed by atoms with van der Waals surface area (Å²) in [5, 5.41) is 0. The van der Waals surface area contributed by atoms with E-state index in [4.69, 9.17) is 0 Å². The highest BCUT2D eigenvalue weighted by atomic mass is 32.2. The number of nitrogens with one attached hydrogen (secondary N) is 1. The Morgan fingerprint density at radius 1 is 1.00 bits per heavy atom. The molecular weight excluding hydrogens is 330 g/mol. The van der Waals surface area contributed by atoms with E-state index in [9.17, 15) is 18.0 Å². The van der Waals surface area contributed by atoms with Gasteiger partial charge in [-0.15, -0.1) is 0 Å². The van der Waals surface area contributed by atoms with E-state index in [-0.39, 0.29) is 17.1 Å². The van der Waals surface area contributed by atoms with Gasteiger partial charge in [0.05, 0.1) is 11.5 Å². The van der Waals surface area contributed by atoms with E-state index in [0.29, 0.717) is 5.56 Å². The molecule has 2 aromatic carbocycles. The molecule has 1 N–H and O–H groups in total. The lowest BCUT2D eigenvalue weighted by Crippen LogP contribution is -2.31. The summed E-state index contributed by atoms with van der Waals surface area (Å²) in [5.74, 6) is -1.10. The number of ether oxygens (including phenoxy) is 1. The lowest BCUT2D eigenvalue weighted by molar-refractivity contribution is -0.141. The average molecular weight is 347 g/mol. The van der Waals surface area contributed by atoms with Gasteiger partial charge >= 0.3 is 5.97 Å². The van der Waals surface area contributed by atoms with Gasteiger partial charge in [-0.3, -0.25) is 9.59 Å². The molecule has 7 heteroatoms. The second-order valence-electron chi connectivity index (χ2n) is 4.82. The van der Waals surface area contributed by atoms with E-state index in [0.717, 1.165) is 0 Å². The summed E-state index contributed by atoms with van der Waals surface area (Å²) in [5.41, 5.74) is 0.422. The van der Waals surface area contributed by atoms with Gasteiger partial charge in [-0.05, 0) is 19.1 Å². The number of ketones is 1. The van der Waals surface area contributed by atoms with Crippen molar-refractivity contribution in [2.75, 3.05) is 13.2 Å². The summed E-state index contributed by atoms with van der Waals surface area (Å²) in [6.07, 6.45) is 0. The molecule has 0 saturated carbocycles. The monoisotopic (exact) mass is 347 g/mol. The van der Waals surface area contributed by atoms with Crippen molar-refractivity contribution in [1.29, 1.82) is 0 Å². The third-order valence-electron chi connectivity index (χ3n) is 3.17. The van der Waals surface area contributed by atoms with Crippen molar-refractivity contribution < 1.29 is 22.7 Å². The molecule has 0 aliphatic heterocycles. The van der Waals surface area contributed by atoms with E-state index in [1.165, 1.54) is 18.2 Å². The van der Waals surface area contributed by atoms with Crippen LogP contribution in [-0.4, -0.2) is 33.3 Å². The maximum absolute atomic E-state index is 12.6. The molecule has 0 amide bonds. The van der Waals surface area contributed by atoms with Crippen molar-refractivity contribution >= 4 is 21.8 Å². The minimum absolute atomic E-state index is 0.0417. The molecule has 24 heavy (non-hydrogen) atoms. The molecule has 2 rings (SSSR count). The second-order valence-corrected chi connectivity index (χ2v) is 6.56. The Bertz CT molecular complexity index is 831.